The van der Waals surface area contributed by atoms with Crippen LogP contribution in [0.2, 0.25) is 0 Å². The van der Waals surface area contributed by atoms with Crippen molar-refractivity contribution in [3.05, 3.63) is 35.2 Å². The van der Waals surface area contributed by atoms with Crippen LogP contribution in [0.3, 0.4) is 0 Å². The van der Waals surface area contributed by atoms with Crippen molar-refractivity contribution in [2.75, 3.05) is 0 Å². The summed E-state index contributed by atoms with van der Waals surface area (Å²) < 4.78 is 1.41. The van der Waals surface area contributed by atoms with Crippen LogP contribution in [0.5, 0.6) is 0 Å². The number of fused-ring (bicyclic) bond motifs is 1. The zero-order chi connectivity index (χ0) is 10.9. The Morgan fingerprint density at radius 3 is 2.73 bits per heavy atom. The van der Waals surface area contributed by atoms with E-state index in [1.165, 1.54) is 15.6 Å². The Morgan fingerprint density at radius 2 is 2.00 bits per heavy atom. The molecule has 2 heteroatoms. The normalized spacial score (nSPS) is 12.2. The molecule has 0 saturated carbocycles. The molecule has 2 aromatic rings. The molecule has 1 nitrogen and oxygen atoms in total. The third-order valence-electron chi connectivity index (χ3n) is 2.37. The number of nitrogens with one attached hydrogen (secondary N) is 1. The minimum absolute atomic E-state index is 0.180. The van der Waals surface area contributed by atoms with Crippen LogP contribution in [-0.2, 0) is 6.54 Å². The van der Waals surface area contributed by atoms with E-state index in [9.17, 15) is 0 Å². The Kier molecular flexibility index (Phi) is 2.81. The molecule has 0 atom stereocenters. The van der Waals surface area contributed by atoms with E-state index in [1.807, 2.05) is 11.3 Å². The molecule has 80 valence electrons. The van der Waals surface area contributed by atoms with Gasteiger partial charge in [-0.1, -0.05) is 18.2 Å². The summed E-state index contributed by atoms with van der Waals surface area (Å²) in [6.45, 7) is 7.53. The van der Waals surface area contributed by atoms with Gasteiger partial charge < -0.3 is 5.32 Å². The first-order chi connectivity index (χ1) is 7.06. The van der Waals surface area contributed by atoms with Gasteiger partial charge in [-0.25, -0.2) is 0 Å². The second-order valence-corrected chi connectivity index (χ2v) is 5.78. The van der Waals surface area contributed by atoms with Gasteiger partial charge in [0.05, 0.1) is 0 Å². The fourth-order valence-corrected chi connectivity index (χ4v) is 2.47. The molecule has 0 amide bonds. The summed E-state index contributed by atoms with van der Waals surface area (Å²) in [4.78, 5) is 0. The Morgan fingerprint density at radius 1 is 1.20 bits per heavy atom. The van der Waals surface area contributed by atoms with Gasteiger partial charge in [-0.15, -0.1) is 11.3 Å². The third kappa shape index (κ3) is 2.58. The number of benzene rings is 1. The molecule has 0 bridgehead atoms. The number of hydrogen-bond acceptors (Lipinski definition) is 2. The molecule has 0 unspecified atom stereocenters. The summed E-state index contributed by atoms with van der Waals surface area (Å²) in [5.74, 6) is 0. The van der Waals surface area contributed by atoms with Gasteiger partial charge in [0.1, 0.15) is 0 Å². The maximum Gasteiger partial charge on any atom is 0.0387 e. The molecule has 0 aliphatic heterocycles. The van der Waals surface area contributed by atoms with E-state index in [-0.39, 0.29) is 5.54 Å². The van der Waals surface area contributed by atoms with E-state index in [1.54, 1.807) is 0 Å². The van der Waals surface area contributed by atoms with Crippen LogP contribution < -0.4 is 5.32 Å². The number of rotatable bonds is 2. The van der Waals surface area contributed by atoms with Crippen molar-refractivity contribution in [3.8, 4) is 0 Å². The molecule has 0 radical (unpaired) electrons. The summed E-state index contributed by atoms with van der Waals surface area (Å²) in [6, 6.07) is 8.69. The second kappa shape index (κ2) is 3.95. The standard InChI is InChI=1S/C13H17NS/c1-13(2,3)14-9-11-6-4-5-10-7-8-15-12(10)11/h4-8,14H,9H2,1-3H3. The summed E-state index contributed by atoms with van der Waals surface area (Å²) in [5.41, 5.74) is 1.58. The van der Waals surface area contributed by atoms with Crippen LogP contribution in [0, 0.1) is 0 Å². The van der Waals surface area contributed by atoms with E-state index in [0.29, 0.717) is 0 Å². The monoisotopic (exact) mass is 219 g/mol. The van der Waals surface area contributed by atoms with E-state index in [0.717, 1.165) is 6.54 Å². The van der Waals surface area contributed by atoms with Crippen LogP contribution in [0.25, 0.3) is 10.1 Å². The first-order valence-electron chi connectivity index (χ1n) is 5.26. The van der Waals surface area contributed by atoms with Gasteiger partial charge in [-0.05, 0) is 43.2 Å². The first kappa shape index (κ1) is 10.7. The van der Waals surface area contributed by atoms with Crippen LogP contribution in [0.15, 0.2) is 29.6 Å². The average molecular weight is 219 g/mol. The molecule has 1 aromatic carbocycles. The van der Waals surface area contributed by atoms with Crippen LogP contribution in [0.4, 0.5) is 0 Å². The van der Waals surface area contributed by atoms with Crippen LogP contribution in [0.1, 0.15) is 26.3 Å². The van der Waals surface area contributed by atoms with Crippen molar-refractivity contribution < 1.29 is 0 Å². The molecule has 0 aliphatic carbocycles. The lowest BCUT2D eigenvalue weighted by Gasteiger charge is -2.20. The molecule has 0 saturated heterocycles. The number of hydrogen-bond donors (Lipinski definition) is 1. The maximum absolute atomic E-state index is 3.53. The highest BCUT2D eigenvalue weighted by atomic mass is 32.1. The summed E-state index contributed by atoms with van der Waals surface area (Å²) >= 11 is 1.82. The van der Waals surface area contributed by atoms with E-state index in [2.05, 4.69) is 55.7 Å². The predicted molar refractivity (Wildman–Crippen MR) is 68.4 cm³/mol. The minimum atomic E-state index is 0.180. The highest BCUT2D eigenvalue weighted by Crippen LogP contribution is 2.24. The Labute approximate surface area is 95.1 Å². The van der Waals surface area contributed by atoms with Gasteiger partial charge in [0, 0.05) is 16.8 Å². The van der Waals surface area contributed by atoms with Crippen molar-refractivity contribution in [2.24, 2.45) is 0 Å². The molecular weight excluding hydrogens is 202 g/mol. The topological polar surface area (TPSA) is 12.0 Å². The minimum Gasteiger partial charge on any atom is -0.308 e. The van der Waals surface area contributed by atoms with Crippen LogP contribution >= 0.6 is 11.3 Å². The fourth-order valence-electron chi connectivity index (χ4n) is 1.55. The Hall–Kier alpha value is -0.860. The van der Waals surface area contributed by atoms with Crippen molar-refractivity contribution in [1.82, 2.24) is 5.32 Å². The summed E-state index contributed by atoms with van der Waals surface area (Å²) in [5, 5.41) is 7.04. The SMILES string of the molecule is CC(C)(C)NCc1cccc2ccsc12. The summed E-state index contributed by atoms with van der Waals surface area (Å²) in [6.07, 6.45) is 0. The predicted octanol–water partition coefficient (Wildman–Crippen LogP) is 3.79. The second-order valence-electron chi connectivity index (χ2n) is 4.86. The van der Waals surface area contributed by atoms with Crippen molar-refractivity contribution in [1.29, 1.82) is 0 Å². The van der Waals surface area contributed by atoms with Crippen molar-refractivity contribution in [2.45, 2.75) is 32.9 Å². The fraction of sp³-hybridized carbons (Fsp3) is 0.385. The highest BCUT2D eigenvalue weighted by molar-refractivity contribution is 7.17. The lowest BCUT2D eigenvalue weighted by molar-refractivity contribution is 0.425. The Balaban J connectivity index is 2.24. The zero-order valence-corrected chi connectivity index (χ0v) is 10.3. The first-order valence-corrected chi connectivity index (χ1v) is 6.14. The highest BCUT2D eigenvalue weighted by Gasteiger charge is 2.09. The zero-order valence-electron chi connectivity index (χ0n) is 9.50. The van der Waals surface area contributed by atoms with E-state index >= 15 is 0 Å². The molecule has 0 fully saturated rings. The third-order valence-corrected chi connectivity index (χ3v) is 3.38. The van der Waals surface area contributed by atoms with Crippen molar-refractivity contribution >= 4 is 21.4 Å². The van der Waals surface area contributed by atoms with Gasteiger partial charge >= 0.3 is 0 Å². The van der Waals surface area contributed by atoms with E-state index < -0.39 is 0 Å². The number of thiophene rings is 1. The molecule has 1 aromatic heterocycles. The molecule has 2 rings (SSSR count). The van der Waals surface area contributed by atoms with Crippen LogP contribution in [-0.4, -0.2) is 5.54 Å². The van der Waals surface area contributed by atoms with Gasteiger partial charge in [-0.2, -0.15) is 0 Å². The maximum atomic E-state index is 3.53. The Bertz CT molecular complexity index is 451. The smallest absolute Gasteiger partial charge is 0.0387 e. The van der Waals surface area contributed by atoms with Gasteiger partial charge in [0.25, 0.3) is 0 Å². The molecule has 0 aliphatic rings. The van der Waals surface area contributed by atoms with Gasteiger partial charge in [0.2, 0.25) is 0 Å². The molecule has 1 N–H and O–H groups in total. The van der Waals surface area contributed by atoms with Crippen molar-refractivity contribution in [3.63, 3.8) is 0 Å². The molecule has 15 heavy (non-hydrogen) atoms. The molecular formula is C13H17NS. The molecule has 1 heterocycles. The lowest BCUT2D eigenvalue weighted by atomic mass is 10.1. The summed E-state index contributed by atoms with van der Waals surface area (Å²) in [7, 11) is 0. The lowest BCUT2D eigenvalue weighted by Crippen LogP contribution is -2.35. The van der Waals surface area contributed by atoms with Gasteiger partial charge in [0.15, 0.2) is 0 Å². The quantitative estimate of drug-likeness (QED) is 0.810. The van der Waals surface area contributed by atoms with E-state index in [4.69, 9.17) is 0 Å². The van der Waals surface area contributed by atoms with Gasteiger partial charge in [-0.3, -0.25) is 0 Å². The average Bonchev–Trinajstić information content (AvgIpc) is 2.61. The largest absolute Gasteiger partial charge is 0.308 e. The molecule has 0 spiro atoms.